The quantitative estimate of drug-likeness (QED) is 0.582. The van der Waals surface area contributed by atoms with Crippen LogP contribution in [0.3, 0.4) is 0 Å². The van der Waals surface area contributed by atoms with Crippen LogP contribution in [0.15, 0.2) is 0 Å². The van der Waals surface area contributed by atoms with Crippen molar-refractivity contribution in [2.24, 2.45) is 11.3 Å². The Kier molecular flexibility index (Phi) is 6.32. The average Bonchev–Trinajstić information content (AvgIpc) is 3.03. The van der Waals surface area contributed by atoms with E-state index in [4.69, 9.17) is 9.47 Å². The molecule has 0 unspecified atom stereocenters. The third kappa shape index (κ3) is 4.81. The highest BCUT2D eigenvalue weighted by Gasteiger charge is 2.44. The van der Waals surface area contributed by atoms with Crippen molar-refractivity contribution in [1.29, 1.82) is 0 Å². The Morgan fingerprint density at radius 2 is 1.94 bits per heavy atom. The van der Waals surface area contributed by atoms with Crippen LogP contribution in [-0.2, 0) is 9.47 Å². The van der Waals surface area contributed by atoms with Gasteiger partial charge in [-0.15, -0.1) is 0 Å². The lowest BCUT2D eigenvalue weighted by molar-refractivity contribution is 0.0693. The Bertz CT molecular complexity index is 179. The molecule has 0 spiro atoms. The molecular formula is C13H27NO2. The van der Waals surface area contributed by atoms with Crippen LogP contribution >= 0.6 is 0 Å². The molecule has 0 aliphatic heterocycles. The van der Waals surface area contributed by atoms with Crippen molar-refractivity contribution in [3.8, 4) is 0 Å². The van der Waals surface area contributed by atoms with Crippen LogP contribution in [0.5, 0.6) is 0 Å². The van der Waals surface area contributed by atoms with Crippen molar-refractivity contribution < 1.29 is 9.47 Å². The van der Waals surface area contributed by atoms with E-state index >= 15 is 0 Å². The summed E-state index contributed by atoms with van der Waals surface area (Å²) in [4.78, 5) is 0. The maximum absolute atomic E-state index is 5.40. The van der Waals surface area contributed by atoms with Crippen molar-refractivity contribution in [3.63, 3.8) is 0 Å². The zero-order valence-electron chi connectivity index (χ0n) is 11.1. The standard InChI is InChI=1S/C13H27NO2/c1-12(2)13(5-6-13)11-14-7-4-8-16-10-9-15-3/h12,14H,4-11H2,1-3H3. The molecule has 1 N–H and O–H groups in total. The van der Waals surface area contributed by atoms with Gasteiger partial charge in [-0.25, -0.2) is 0 Å². The van der Waals surface area contributed by atoms with E-state index in [0.717, 1.165) is 25.5 Å². The minimum absolute atomic E-state index is 0.622. The van der Waals surface area contributed by atoms with Gasteiger partial charge in [0.15, 0.2) is 0 Å². The molecule has 1 rings (SSSR count). The molecule has 1 aliphatic carbocycles. The fourth-order valence-corrected chi connectivity index (χ4v) is 2.00. The molecule has 0 atom stereocenters. The third-order valence-corrected chi connectivity index (χ3v) is 3.67. The molecule has 3 nitrogen and oxygen atoms in total. The molecule has 0 amide bonds. The zero-order chi connectivity index (χ0) is 11.9. The summed E-state index contributed by atoms with van der Waals surface area (Å²) in [5.74, 6) is 0.818. The molecule has 1 fully saturated rings. The highest BCUT2D eigenvalue weighted by molar-refractivity contribution is 4.96. The van der Waals surface area contributed by atoms with Crippen LogP contribution in [0.2, 0.25) is 0 Å². The van der Waals surface area contributed by atoms with Crippen LogP contribution in [0.25, 0.3) is 0 Å². The molecule has 3 heteroatoms. The molecule has 0 radical (unpaired) electrons. The summed E-state index contributed by atoms with van der Waals surface area (Å²) in [5, 5.41) is 3.55. The van der Waals surface area contributed by atoms with E-state index in [2.05, 4.69) is 19.2 Å². The smallest absolute Gasteiger partial charge is 0.0700 e. The summed E-state index contributed by atoms with van der Waals surface area (Å²) in [6.45, 7) is 9.18. The summed E-state index contributed by atoms with van der Waals surface area (Å²) < 4.78 is 10.3. The maximum Gasteiger partial charge on any atom is 0.0700 e. The van der Waals surface area contributed by atoms with Crippen LogP contribution in [-0.4, -0.2) is 40.0 Å². The van der Waals surface area contributed by atoms with E-state index in [9.17, 15) is 0 Å². The molecule has 0 aromatic heterocycles. The predicted molar refractivity (Wildman–Crippen MR) is 66.7 cm³/mol. The summed E-state index contributed by atoms with van der Waals surface area (Å²) in [5.41, 5.74) is 0.622. The van der Waals surface area contributed by atoms with E-state index < -0.39 is 0 Å². The SMILES string of the molecule is COCCOCCCNCC1(C(C)C)CC1. The van der Waals surface area contributed by atoms with Gasteiger partial charge >= 0.3 is 0 Å². The van der Waals surface area contributed by atoms with Gasteiger partial charge in [-0.05, 0) is 37.1 Å². The van der Waals surface area contributed by atoms with Gasteiger partial charge in [0.05, 0.1) is 13.2 Å². The Morgan fingerprint density at radius 3 is 2.50 bits per heavy atom. The average molecular weight is 229 g/mol. The topological polar surface area (TPSA) is 30.5 Å². The first-order chi connectivity index (χ1) is 7.71. The second-order valence-electron chi connectivity index (χ2n) is 5.15. The van der Waals surface area contributed by atoms with Crippen molar-refractivity contribution in [3.05, 3.63) is 0 Å². The minimum Gasteiger partial charge on any atom is -0.382 e. The second kappa shape index (κ2) is 7.25. The van der Waals surface area contributed by atoms with Gasteiger partial charge in [0.1, 0.15) is 0 Å². The van der Waals surface area contributed by atoms with Crippen LogP contribution < -0.4 is 5.32 Å². The first-order valence-corrected chi connectivity index (χ1v) is 6.49. The summed E-state index contributed by atoms with van der Waals surface area (Å²) in [6, 6.07) is 0. The lowest BCUT2D eigenvalue weighted by Crippen LogP contribution is -2.28. The van der Waals surface area contributed by atoms with E-state index in [1.54, 1.807) is 7.11 Å². The molecule has 0 heterocycles. The normalized spacial score (nSPS) is 18.0. The lowest BCUT2D eigenvalue weighted by Gasteiger charge is -2.20. The van der Waals surface area contributed by atoms with Crippen LogP contribution in [0, 0.1) is 11.3 Å². The molecule has 0 saturated heterocycles. The number of hydrogen-bond acceptors (Lipinski definition) is 3. The first kappa shape index (κ1) is 13.9. The van der Waals surface area contributed by atoms with Crippen molar-refractivity contribution in [2.75, 3.05) is 40.0 Å². The van der Waals surface area contributed by atoms with E-state index in [-0.39, 0.29) is 0 Å². The summed E-state index contributed by atoms with van der Waals surface area (Å²) in [7, 11) is 1.70. The molecule has 0 aromatic carbocycles. The first-order valence-electron chi connectivity index (χ1n) is 6.49. The molecule has 16 heavy (non-hydrogen) atoms. The number of ether oxygens (including phenoxy) is 2. The van der Waals surface area contributed by atoms with Crippen LogP contribution in [0.4, 0.5) is 0 Å². The molecule has 0 aromatic rings. The lowest BCUT2D eigenvalue weighted by atomic mass is 9.92. The Labute approximate surface area is 99.9 Å². The van der Waals surface area contributed by atoms with E-state index in [0.29, 0.717) is 18.6 Å². The molecule has 1 aliphatic rings. The van der Waals surface area contributed by atoms with Gasteiger partial charge in [0.2, 0.25) is 0 Å². The zero-order valence-corrected chi connectivity index (χ0v) is 11.1. The van der Waals surface area contributed by atoms with E-state index in [1.807, 2.05) is 0 Å². The Hall–Kier alpha value is -0.120. The Morgan fingerprint density at radius 1 is 1.19 bits per heavy atom. The highest BCUT2D eigenvalue weighted by atomic mass is 16.5. The summed E-state index contributed by atoms with van der Waals surface area (Å²) >= 11 is 0. The number of nitrogens with one attached hydrogen (secondary N) is 1. The van der Waals surface area contributed by atoms with Gasteiger partial charge < -0.3 is 14.8 Å². The largest absolute Gasteiger partial charge is 0.382 e. The fourth-order valence-electron chi connectivity index (χ4n) is 2.00. The molecule has 1 saturated carbocycles. The minimum atomic E-state index is 0.622. The maximum atomic E-state index is 5.40. The van der Waals surface area contributed by atoms with Gasteiger partial charge in [0, 0.05) is 20.3 Å². The second-order valence-corrected chi connectivity index (χ2v) is 5.15. The number of hydrogen-bond donors (Lipinski definition) is 1. The van der Waals surface area contributed by atoms with Crippen molar-refractivity contribution in [1.82, 2.24) is 5.32 Å². The van der Waals surface area contributed by atoms with Gasteiger partial charge in [-0.1, -0.05) is 13.8 Å². The van der Waals surface area contributed by atoms with Gasteiger partial charge in [-0.2, -0.15) is 0 Å². The van der Waals surface area contributed by atoms with Gasteiger partial charge in [0.25, 0.3) is 0 Å². The van der Waals surface area contributed by atoms with Crippen LogP contribution in [0.1, 0.15) is 33.1 Å². The molecular weight excluding hydrogens is 202 g/mol. The molecule has 0 bridgehead atoms. The fraction of sp³-hybridized carbons (Fsp3) is 1.00. The monoisotopic (exact) mass is 229 g/mol. The van der Waals surface area contributed by atoms with Crippen molar-refractivity contribution >= 4 is 0 Å². The van der Waals surface area contributed by atoms with Gasteiger partial charge in [-0.3, -0.25) is 0 Å². The van der Waals surface area contributed by atoms with Crippen molar-refractivity contribution in [2.45, 2.75) is 33.1 Å². The summed E-state index contributed by atoms with van der Waals surface area (Å²) in [6.07, 6.45) is 3.90. The predicted octanol–water partition coefficient (Wildman–Crippen LogP) is 2.07. The number of methoxy groups -OCH3 is 1. The molecule has 96 valence electrons. The highest BCUT2D eigenvalue weighted by Crippen LogP contribution is 2.51. The van der Waals surface area contributed by atoms with E-state index in [1.165, 1.54) is 19.4 Å². The number of rotatable bonds is 10. The third-order valence-electron chi connectivity index (χ3n) is 3.67. The Balaban J connectivity index is 1.85.